The maximum absolute atomic E-state index is 12.4. The van der Waals surface area contributed by atoms with E-state index in [0.29, 0.717) is 10.4 Å². The van der Waals surface area contributed by atoms with Gasteiger partial charge in [-0.25, -0.2) is 0 Å². The van der Waals surface area contributed by atoms with E-state index in [9.17, 15) is 9.59 Å². The highest BCUT2D eigenvalue weighted by Gasteiger charge is 2.16. The standard InChI is InChI=1S/C19H18N2O2S/c1-3-13-8-10-14(11-9-13)18(22)20-21-19(23)17-12(2)15-6-4-5-7-16(15)24-17/h4-11H,3H2,1-2H3,(H,20,22)(H,21,23). The molecule has 4 nitrogen and oxygen atoms in total. The first-order valence-electron chi connectivity index (χ1n) is 7.78. The van der Waals surface area contributed by atoms with Crippen molar-refractivity contribution in [2.45, 2.75) is 20.3 Å². The number of hydrogen-bond acceptors (Lipinski definition) is 3. The van der Waals surface area contributed by atoms with Crippen molar-refractivity contribution < 1.29 is 9.59 Å². The molecule has 1 heterocycles. The molecule has 0 bridgehead atoms. The normalized spacial score (nSPS) is 10.6. The fraction of sp³-hybridized carbons (Fsp3) is 0.158. The number of thiophene rings is 1. The van der Waals surface area contributed by atoms with Crippen molar-refractivity contribution in [3.8, 4) is 0 Å². The summed E-state index contributed by atoms with van der Waals surface area (Å²) in [5.74, 6) is -0.628. The van der Waals surface area contributed by atoms with Gasteiger partial charge in [-0.3, -0.25) is 20.4 Å². The van der Waals surface area contributed by atoms with E-state index in [0.717, 1.165) is 27.6 Å². The van der Waals surface area contributed by atoms with Crippen LogP contribution in [0.25, 0.3) is 10.1 Å². The molecular weight excluding hydrogens is 320 g/mol. The monoisotopic (exact) mass is 338 g/mol. The molecule has 0 fully saturated rings. The third-order valence-corrected chi connectivity index (χ3v) is 5.24. The van der Waals surface area contributed by atoms with Crippen LogP contribution in [0.3, 0.4) is 0 Å². The van der Waals surface area contributed by atoms with Crippen molar-refractivity contribution in [2.24, 2.45) is 0 Å². The van der Waals surface area contributed by atoms with E-state index < -0.39 is 0 Å². The number of benzene rings is 2. The number of fused-ring (bicyclic) bond motifs is 1. The first-order valence-corrected chi connectivity index (χ1v) is 8.59. The summed E-state index contributed by atoms with van der Waals surface area (Å²) in [6, 6.07) is 15.2. The molecule has 0 atom stereocenters. The van der Waals surface area contributed by atoms with E-state index in [1.54, 1.807) is 12.1 Å². The van der Waals surface area contributed by atoms with E-state index in [1.165, 1.54) is 11.3 Å². The van der Waals surface area contributed by atoms with E-state index >= 15 is 0 Å². The van der Waals surface area contributed by atoms with Gasteiger partial charge in [0.25, 0.3) is 11.8 Å². The molecule has 122 valence electrons. The molecule has 0 unspecified atom stereocenters. The number of hydrazine groups is 1. The molecule has 2 aromatic carbocycles. The SMILES string of the molecule is CCc1ccc(C(=O)NNC(=O)c2sc3ccccc3c2C)cc1. The molecule has 1 aromatic heterocycles. The van der Waals surface area contributed by atoms with E-state index in [1.807, 2.05) is 43.3 Å². The lowest BCUT2D eigenvalue weighted by atomic mass is 10.1. The van der Waals surface area contributed by atoms with Crippen molar-refractivity contribution in [1.29, 1.82) is 0 Å². The molecule has 0 spiro atoms. The lowest BCUT2D eigenvalue weighted by Crippen LogP contribution is -2.41. The van der Waals surface area contributed by atoms with Crippen LogP contribution >= 0.6 is 11.3 Å². The van der Waals surface area contributed by atoms with Gasteiger partial charge >= 0.3 is 0 Å². The van der Waals surface area contributed by atoms with Crippen molar-refractivity contribution in [3.63, 3.8) is 0 Å². The lowest BCUT2D eigenvalue weighted by molar-refractivity contribution is 0.0848. The predicted octanol–water partition coefficient (Wildman–Crippen LogP) is 3.85. The van der Waals surface area contributed by atoms with Crippen LogP contribution in [0.4, 0.5) is 0 Å². The van der Waals surface area contributed by atoms with Crippen LogP contribution in [0.1, 0.15) is 38.1 Å². The number of carbonyl (C=O) groups is 2. The van der Waals surface area contributed by atoms with Crippen LogP contribution in [-0.4, -0.2) is 11.8 Å². The van der Waals surface area contributed by atoms with E-state index in [2.05, 4.69) is 17.8 Å². The van der Waals surface area contributed by atoms with Gasteiger partial charge in [0.15, 0.2) is 0 Å². The smallest absolute Gasteiger partial charge is 0.267 e. The Morgan fingerprint density at radius 1 is 0.958 bits per heavy atom. The second-order valence-corrected chi connectivity index (χ2v) is 6.56. The molecule has 2 N–H and O–H groups in total. The minimum atomic E-state index is -0.329. The van der Waals surface area contributed by atoms with Crippen molar-refractivity contribution >= 4 is 33.2 Å². The molecule has 3 aromatic rings. The number of carbonyl (C=O) groups excluding carboxylic acids is 2. The fourth-order valence-corrected chi connectivity index (χ4v) is 3.63. The summed E-state index contributed by atoms with van der Waals surface area (Å²) in [5.41, 5.74) is 7.58. The van der Waals surface area contributed by atoms with Gasteiger partial charge in [0, 0.05) is 10.3 Å². The van der Waals surface area contributed by atoms with Crippen LogP contribution < -0.4 is 10.9 Å². The topological polar surface area (TPSA) is 58.2 Å². The minimum absolute atomic E-state index is 0.299. The molecule has 0 aliphatic rings. The Hall–Kier alpha value is -2.66. The third-order valence-electron chi connectivity index (χ3n) is 3.96. The van der Waals surface area contributed by atoms with Gasteiger partial charge < -0.3 is 0 Å². The molecule has 0 radical (unpaired) electrons. The summed E-state index contributed by atoms with van der Waals surface area (Å²) in [5, 5.41) is 1.06. The average molecular weight is 338 g/mol. The van der Waals surface area contributed by atoms with Gasteiger partial charge in [0.05, 0.1) is 4.88 Å². The Bertz CT molecular complexity index is 897. The van der Waals surface area contributed by atoms with Crippen LogP contribution in [0, 0.1) is 6.92 Å². The van der Waals surface area contributed by atoms with Gasteiger partial charge in [-0.1, -0.05) is 37.3 Å². The highest BCUT2D eigenvalue weighted by atomic mass is 32.1. The molecule has 5 heteroatoms. The number of amides is 2. The number of hydrogen-bond donors (Lipinski definition) is 2. The van der Waals surface area contributed by atoms with Gasteiger partial charge in [0.1, 0.15) is 0 Å². The maximum Gasteiger partial charge on any atom is 0.280 e. The minimum Gasteiger partial charge on any atom is -0.267 e. The Labute approximate surface area is 144 Å². The molecule has 0 aliphatic heterocycles. The second-order valence-electron chi connectivity index (χ2n) is 5.51. The molecule has 0 saturated carbocycles. The number of rotatable bonds is 3. The Morgan fingerprint density at radius 2 is 1.62 bits per heavy atom. The summed E-state index contributed by atoms with van der Waals surface area (Å²) >= 11 is 1.42. The van der Waals surface area contributed by atoms with Crippen molar-refractivity contribution in [1.82, 2.24) is 10.9 Å². The van der Waals surface area contributed by atoms with Crippen LogP contribution in [-0.2, 0) is 6.42 Å². The predicted molar refractivity (Wildman–Crippen MR) is 97.3 cm³/mol. The average Bonchev–Trinajstić information content (AvgIpc) is 2.96. The summed E-state index contributed by atoms with van der Waals surface area (Å²) < 4.78 is 1.06. The zero-order valence-electron chi connectivity index (χ0n) is 13.6. The summed E-state index contributed by atoms with van der Waals surface area (Å²) in [4.78, 5) is 25.1. The van der Waals surface area contributed by atoms with Gasteiger partial charge in [0.2, 0.25) is 0 Å². The lowest BCUT2D eigenvalue weighted by Gasteiger charge is -2.07. The second kappa shape index (κ2) is 6.84. The Balaban J connectivity index is 1.69. The van der Waals surface area contributed by atoms with Crippen molar-refractivity contribution in [2.75, 3.05) is 0 Å². The van der Waals surface area contributed by atoms with Crippen molar-refractivity contribution in [3.05, 3.63) is 70.1 Å². The molecule has 0 aliphatic carbocycles. The van der Waals surface area contributed by atoms with E-state index in [4.69, 9.17) is 0 Å². The van der Waals surface area contributed by atoms with Crippen LogP contribution in [0.5, 0.6) is 0 Å². The fourth-order valence-electron chi connectivity index (χ4n) is 2.53. The molecular formula is C19H18N2O2S. The first-order chi connectivity index (χ1) is 11.6. The number of nitrogens with one attached hydrogen (secondary N) is 2. The summed E-state index contributed by atoms with van der Waals surface area (Å²) in [6.07, 6.45) is 0.920. The largest absolute Gasteiger partial charge is 0.280 e. The van der Waals surface area contributed by atoms with Crippen LogP contribution in [0.15, 0.2) is 48.5 Å². The van der Waals surface area contributed by atoms with Gasteiger partial charge in [-0.2, -0.15) is 0 Å². The van der Waals surface area contributed by atoms with Crippen LogP contribution in [0.2, 0.25) is 0 Å². The first kappa shape index (κ1) is 16.2. The molecule has 3 rings (SSSR count). The molecule has 24 heavy (non-hydrogen) atoms. The quantitative estimate of drug-likeness (QED) is 0.713. The number of aryl methyl sites for hydroxylation is 2. The van der Waals surface area contributed by atoms with E-state index in [-0.39, 0.29) is 11.8 Å². The Kier molecular flexibility index (Phi) is 4.62. The molecule has 2 amide bonds. The highest BCUT2D eigenvalue weighted by Crippen LogP contribution is 2.30. The third kappa shape index (κ3) is 3.16. The summed E-state index contributed by atoms with van der Waals surface area (Å²) in [7, 11) is 0. The molecule has 0 saturated heterocycles. The van der Waals surface area contributed by atoms with Gasteiger partial charge in [-0.05, 0) is 48.1 Å². The zero-order valence-corrected chi connectivity index (χ0v) is 14.4. The maximum atomic E-state index is 12.4. The zero-order chi connectivity index (χ0) is 17.1. The Morgan fingerprint density at radius 3 is 2.29 bits per heavy atom. The van der Waals surface area contributed by atoms with Gasteiger partial charge in [-0.15, -0.1) is 11.3 Å². The highest BCUT2D eigenvalue weighted by molar-refractivity contribution is 7.21. The summed E-state index contributed by atoms with van der Waals surface area (Å²) in [6.45, 7) is 3.97.